The summed E-state index contributed by atoms with van der Waals surface area (Å²) in [5.74, 6) is 2.34. The van der Waals surface area contributed by atoms with Gasteiger partial charge in [0.15, 0.2) is 0 Å². The van der Waals surface area contributed by atoms with Gasteiger partial charge in [0.25, 0.3) is 0 Å². The second-order valence-electron chi connectivity index (χ2n) is 4.70. The van der Waals surface area contributed by atoms with Gasteiger partial charge >= 0.3 is 0 Å². The van der Waals surface area contributed by atoms with Gasteiger partial charge in [-0.1, -0.05) is 27.7 Å². The van der Waals surface area contributed by atoms with Crippen molar-refractivity contribution in [2.75, 3.05) is 5.73 Å². The van der Waals surface area contributed by atoms with E-state index >= 15 is 0 Å². The first kappa shape index (κ1) is 10.9. The molecule has 0 atom stereocenters. The molecule has 0 spiro atoms. The van der Waals surface area contributed by atoms with Crippen molar-refractivity contribution in [2.24, 2.45) is 0 Å². The topological polar surface area (TPSA) is 56.2 Å². The fraction of sp³-hybridized carbons (Fsp3) is 0.500. The molecule has 86 valence electrons. The quantitative estimate of drug-likeness (QED) is 0.842. The number of fused-ring (bicyclic) bond motifs is 1. The summed E-state index contributed by atoms with van der Waals surface area (Å²) in [6.45, 7) is 8.52. The van der Waals surface area contributed by atoms with Gasteiger partial charge in [0, 0.05) is 18.3 Å². The molecule has 4 nitrogen and oxygen atoms in total. The Balaban J connectivity index is 2.82. The molecule has 0 aliphatic heterocycles. The molecule has 0 bridgehead atoms. The van der Waals surface area contributed by atoms with Crippen LogP contribution in [0.2, 0.25) is 0 Å². The van der Waals surface area contributed by atoms with Crippen LogP contribution in [0.3, 0.4) is 0 Å². The highest BCUT2D eigenvalue weighted by Gasteiger charge is 2.17. The number of anilines is 1. The highest BCUT2D eigenvalue weighted by molar-refractivity contribution is 5.69. The zero-order valence-corrected chi connectivity index (χ0v) is 10.2. The van der Waals surface area contributed by atoms with Crippen LogP contribution in [0.5, 0.6) is 0 Å². The molecular formula is C12H18N4. The molecule has 0 aliphatic carbocycles. The Labute approximate surface area is 95.5 Å². The summed E-state index contributed by atoms with van der Waals surface area (Å²) in [7, 11) is 0. The third-order valence-corrected chi connectivity index (χ3v) is 2.70. The van der Waals surface area contributed by atoms with E-state index in [0.29, 0.717) is 17.7 Å². The van der Waals surface area contributed by atoms with E-state index < -0.39 is 0 Å². The van der Waals surface area contributed by atoms with Gasteiger partial charge in [-0.05, 0) is 5.92 Å². The molecule has 0 amide bonds. The Morgan fingerprint density at radius 3 is 2.44 bits per heavy atom. The van der Waals surface area contributed by atoms with Crippen LogP contribution in [0.4, 0.5) is 5.82 Å². The number of nitrogens with zero attached hydrogens (tertiary/aromatic N) is 3. The summed E-state index contributed by atoms with van der Waals surface area (Å²) in [5, 5.41) is 0. The number of rotatable bonds is 2. The molecule has 0 unspecified atom stereocenters. The lowest BCUT2D eigenvalue weighted by Gasteiger charge is -2.04. The summed E-state index contributed by atoms with van der Waals surface area (Å²) < 4.78 is 2.06. The largest absolute Gasteiger partial charge is 0.382 e. The van der Waals surface area contributed by atoms with Gasteiger partial charge in [-0.25, -0.2) is 9.97 Å². The molecule has 0 saturated carbocycles. The van der Waals surface area contributed by atoms with Gasteiger partial charge in [-0.15, -0.1) is 0 Å². The molecule has 2 N–H and O–H groups in total. The van der Waals surface area contributed by atoms with Crippen LogP contribution in [0.15, 0.2) is 12.4 Å². The van der Waals surface area contributed by atoms with Crippen molar-refractivity contribution >= 4 is 11.3 Å². The van der Waals surface area contributed by atoms with Crippen molar-refractivity contribution in [1.82, 2.24) is 14.4 Å². The molecule has 0 aliphatic rings. The van der Waals surface area contributed by atoms with Crippen molar-refractivity contribution in [2.45, 2.75) is 39.5 Å². The predicted molar refractivity (Wildman–Crippen MR) is 65.6 cm³/mol. The number of aromatic nitrogens is 3. The Hall–Kier alpha value is -1.58. The van der Waals surface area contributed by atoms with Crippen molar-refractivity contribution < 1.29 is 0 Å². The maximum Gasteiger partial charge on any atom is 0.149 e. The van der Waals surface area contributed by atoms with Gasteiger partial charge < -0.3 is 5.73 Å². The fourth-order valence-corrected chi connectivity index (χ4v) is 1.92. The zero-order chi connectivity index (χ0) is 11.9. The Morgan fingerprint density at radius 2 is 1.88 bits per heavy atom. The summed E-state index contributed by atoms with van der Waals surface area (Å²) in [6, 6.07) is 0. The van der Waals surface area contributed by atoms with Crippen molar-refractivity contribution in [1.29, 1.82) is 0 Å². The van der Waals surface area contributed by atoms with Gasteiger partial charge in [-0.2, -0.15) is 0 Å². The lowest BCUT2D eigenvalue weighted by molar-refractivity contribution is 0.754. The molecule has 2 aromatic rings. The molecule has 4 heteroatoms. The van der Waals surface area contributed by atoms with E-state index in [1.54, 1.807) is 6.20 Å². The fourth-order valence-electron chi connectivity index (χ4n) is 1.92. The number of hydrogen-bond acceptors (Lipinski definition) is 3. The molecule has 2 rings (SSSR count). The molecule has 0 aromatic carbocycles. The van der Waals surface area contributed by atoms with E-state index in [2.05, 4.69) is 37.1 Å². The average Bonchev–Trinajstić information content (AvgIpc) is 2.58. The third kappa shape index (κ3) is 1.54. The van der Waals surface area contributed by atoms with Gasteiger partial charge in [0.2, 0.25) is 0 Å². The number of nitrogens with two attached hydrogens (primary N) is 1. The SMILES string of the molecule is CC(C)c1nc(C(C)C)n2ccnc(N)c12. The summed E-state index contributed by atoms with van der Waals surface area (Å²) >= 11 is 0. The molecular weight excluding hydrogens is 200 g/mol. The first-order valence-electron chi connectivity index (χ1n) is 5.64. The standard InChI is InChI=1S/C12H18N4/c1-7(2)9-10-11(13)14-5-6-16(10)12(15-9)8(3)4/h5-8H,1-4H3,(H2,13,14). The maximum atomic E-state index is 5.94. The van der Waals surface area contributed by atoms with Gasteiger partial charge in [0.1, 0.15) is 17.2 Å². The summed E-state index contributed by atoms with van der Waals surface area (Å²) in [4.78, 5) is 8.83. The van der Waals surface area contributed by atoms with Gasteiger partial charge in [-0.3, -0.25) is 4.40 Å². The lowest BCUT2D eigenvalue weighted by atomic mass is 10.1. The summed E-state index contributed by atoms with van der Waals surface area (Å²) in [6.07, 6.45) is 3.65. The Morgan fingerprint density at radius 1 is 1.19 bits per heavy atom. The molecule has 0 fully saturated rings. The van der Waals surface area contributed by atoms with Crippen molar-refractivity contribution in [3.8, 4) is 0 Å². The summed E-state index contributed by atoms with van der Waals surface area (Å²) in [5.41, 5.74) is 7.93. The van der Waals surface area contributed by atoms with Crippen LogP contribution in [0.25, 0.3) is 5.52 Å². The van der Waals surface area contributed by atoms with Crippen LogP contribution in [0, 0.1) is 0 Å². The van der Waals surface area contributed by atoms with Crippen LogP contribution in [-0.2, 0) is 0 Å². The number of imidazole rings is 1. The normalized spacial score (nSPS) is 11.9. The maximum absolute atomic E-state index is 5.94. The minimum absolute atomic E-state index is 0.356. The smallest absolute Gasteiger partial charge is 0.149 e. The first-order valence-corrected chi connectivity index (χ1v) is 5.64. The van der Waals surface area contributed by atoms with Crippen LogP contribution >= 0.6 is 0 Å². The molecule has 2 aromatic heterocycles. The van der Waals surface area contributed by atoms with Crippen LogP contribution < -0.4 is 5.73 Å². The van der Waals surface area contributed by atoms with E-state index in [9.17, 15) is 0 Å². The van der Waals surface area contributed by atoms with E-state index in [4.69, 9.17) is 10.7 Å². The van der Waals surface area contributed by atoms with Crippen molar-refractivity contribution in [3.05, 3.63) is 23.9 Å². The third-order valence-electron chi connectivity index (χ3n) is 2.70. The zero-order valence-electron chi connectivity index (χ0n) is 10.2. The highest BCUT2D eigenvalue weighted by atomic mass is 15.1. The van der Waals surface area contributed by atoms with E-state index in [-0.39, 0.29) is 0 Å². The molecule has 16 heavy (non-hydrogen) atoms. The number of nitrogen functional groups attached to an aromatic ring is 1. The van der Waals surface area contributed by atoms with E-state index in [1.165, 1.54) is 0 Å². The molecule has 2 heterocycles. The molecule has 0 saturated heterocycles. The number of hydrogen-bond donors (Lipinski definition) is 1. The minimum atomic E-state index is 0.356. The lowest BCUT2D eigenvalue weighted by Crippen LogP contribution is -2.00. The predicted octanol–water partition coefficient (Wildman–Crippen LogP) is 2.56. The molecule has 0 radical (unpaired) electrons. The minimum Gasteiger partial charge on any atom is -0.382 e. The van der Waals surface area contributed by atoms with Gasteiger partial charge in [0.05, 0.1) is 5.69 Å². The first-order chi connectivity index (χ1) is 7.52. The second kappa shape index (κ2) is 3.77. The Kier molecular flexibility index (Phi) is 2.58. The van der Waals surface area contributed by atoms with E-state index in [0.717, 1.165) is 17.0 Å². The van der Waals surface area contributed by atoms with Crippen molar-refractivity contribution in [3.63, 3.8) is 0 Å². The Bertz CT molecular complexity index is 511. The van der Waals surface area contributed by atoms with E-state index in [1.807, 2.05) is 6.20 Å². The monoisotopic (exact) mass is 218 g/mol. The van der Waals surface area contributed by atoms with Crippen LogP contribution in [0.1, 0.15) is 51.0 Å². The second-order valence-corrected chi connectivity index (χ2v) is 4.70. The average molecular weight is 218 g/mol. The highest BCUT2D eigenvalue weighted by Crippen LogP contribution is 2.27. The van der Waals surface area contributed by atoms with Crippen LogP contribution in [-0.4, -0.2) is 14.4 Å².